The molecule has 6 heteroatoms. The van der Waals surface area contributed by atoms with Gasteiger partial charge in [-0.2, -0.15) is 15.4 Å². The van der Waals surface area contributed by atoms with E-state index in [2.05, 4.69) is 20.6 Å². The lowest BCUT2D eigenvalue weighted by Crippen LogP contribution is -1.85. The van der Waals surface area contributed by atoms with E-state index < -0.39 is 0 Å². The van der Waals surface area contributed by atoms with Crippen LogP contribution >= 0.6 is 0 Å². The zero-order valence-electron chi connectivity index (χ0n) is 6.40. The molecule has 0 saturated carbocycles. The molecule has 0 fully saturated rings. The van der Waals surface area contributed by atoms with Gasteiger partial charge in [-0.3, -0.25) is 0 Å². The van der Waals surface area contributed by atoms with Crippen LogP contribution in [0.25, 0.3) is 11.4 Å². The maximum absolute atomic E-state index is 5.46. The molecule has 0 bridgehead atoms. The minimum absolute atomic E-state index is 0.313. The summed E-state index contributed by atoms with van der Waals surface area (Å²) in [6, 6.07) is 0. The van der Waals surface area contributed by atoms with Crippen molar-refractivity contribution in [2.45, 2.75) is 6.92 Å². The predicted molar refractivity (Wildman–Crippen MR) is 41.0 cm³/mol. The third kappa shape index (κ3) is 0.849. The van der Waals surface area contributed by atoms with Crippen LogP contribution in [0.2, 0.25) is 0 Å². The van der Waals surface area contributed by atoms with E-state index in [1.165, 1.54) is 0 Å². The van der Waals surface area contributed by atoms with Gasteiger partial charge in [-0.25, -0.2) is 0 Å². The number of hydrogen-bond acceptors (Lipinski definition) is 5. The smallest absolute Gasteiger partial charge is 0.225 e. The van der Waals surface area contributed by atoms with E-state index in [0.717, 1.165) is 5.56 Å². The number of H-pyrrole nitrogens is 1. The first-order valence-electron chi connectivity index (χ1n) is 3.37. The highest BCUT2D eigenvalue weighted by Gasteiger charge is 2.12. The molecule has 0 amide bonds. The monoisotopic (exact) mass is 165 g/mol. The van der Waals surface area contributed by atoms with Gasteiger partial charge >= 0.3 is 0 Å². The Kier molecular flexibility index (Phi) is 1.33. The van der Waals surface area contributed by atoms with Crippen LogP contribution in [0, 0.1) is 6.92 Å². The summed E-state index contributed by atoms with van der Waals surface area (Å²) in [7, 11) is 0. The number of hydrogen-bond donors (Lipinski definition) is 2. The first kappa shape index (κ1) is 6.84. The first-order valence-corrected chi connectivity index (χ1v) is 3.37. The lowest BCUT2D eigenvalue weighted by Gasteiger charge is -1.86. The van der Waals surface area contributed by atoms with Gasteiger partial charge in [0.25, 0.3) is 0 Å². The van der Waals surface area contributed by atoms with E-state index in [9.17, 15) is 0 Å². The Balaban J connectivity index is 2.55. The molecule has 0 spiro atoms. The molecule has 0 atom stereocenters. The molecule has 3 N–H and O–H groups in total. The second-order valence-electron chi connectivity index (χ2n) is 2.38. The van der Waals surface area contributed by atoms with Crippen molar-refractivity contribution >= 4 is 5.88 Å². The molecule has 62 valence electrons. The number of nitrogens with two attached hydrogens (primary N) is 1. The molecule has 0 aliphatic carbocycles. The molecule has 6 nitrogen and oxygen atoms in total. The third-order valence-corrected chi connectivity index (χ3v) is 1.62. The Morgan fingerprint density at radius 1 is 1.58 bits per heavy atom. The van der Waals surface area contributed by atoms with Crippen LogP contribution in [0.15, 0.2) is 10.7 Å². The zero-order valence-corrected chi connectivity index (χ0v) is 6.40. The highest BCUT2D eigenvalue weighted by molar-refractivity contribution is 5.61. The van der Waals surface area contributed by atoms with Gasteiger partial charge in [0.05, 0.1) is 6.20 Å². The number of aromatic amines is 1. The number of nitrogens with one attached hydrogen (secondary N) is 1. The van der Waals surface area contributed by atoms with Crippen molar-refractivity contribution in [2.75, 3.05) is 5.73 Å². The Morgan fingerprint density at radius 2 is 2.42 bits per heavy atom. The predicted octanol–water partition coefficient (Wildman–Crippen LogP) is 0.350. The summed E-state index contributed by atoms with van der Waals surface area (Å²) in [4.78, 5) is 0. The highest BCUT2D eigenvalue weighted by atomic mass is 16.5. The van der Waals surface area contributed by atoms with Crippen molar-refractivity contribution in [3.05, 3.63) is 11.8 Å². The fraction of sp³-hybridized carbons (Fsp3) is 0.167. The highest BCUT2D eigenvalue weighted by Crippen LogP contribution is 2.22. The summed E-state index contributed by atoms with van der Waals surface area (Å²) >= 11 is 0. The molecule has 12 heavy (non-hydrogen) atoms. The summed E-state index contributed by atoms with van der Waals surface area (Å²) in [5.74, 6) is 0.313. The Hall–Kier alpha value is -1.85. The van der Waals surface area contributed by atoms with Gasteiger partial charge < -0.3 is 10.3 Å². The normalized spacial score (nSPS) is 10.4. The Bertz CT molecular complexity index is 377. The number of anilines is 1. The lowest BCUT2D eigenvalue weighted by molar-refractivity contribution is 0.438. The SMILES string of the molecule is Cc1c(-c2cn[nH]n2)noc1N. The summed E-state index contributed by atoms with van der Waals surface area (Å²) in [6.07, 6.45) is 1.56. The van der Waals surface area contributed by atoms with Crippen molar-refractivity contribution < 1.29 is 4.52 Å². The van der Waals surface area contributed by atoms with Gasteiger partial charge in [0.2, 0.25) is 5.88 Å². The lowest BCUT2D eigenvalue weighted by atomic mass is 10.2. The molecule has 0 aliphatic rings. The number of rotatable bonds is 1. The number of nitrogen functional groups attached to an aromatic ring is 1. The first-order chi connectivity index (χ1) is 5.79. The van der Waals surface area contributed by atoms with Crippen LogP contribution in [-0.2, 0) is 0 Å². The summed E-state index contributed by atoms with van der Waals surface area (Å²) in [5.41, 5.74) is 7.50. The molecule has 0 aliphatic heterocycles. The van der Waals surface area contributed by atoms with Gasteiger partial charge in [-0.05, 0) is 6.92 Å². The van der Waals surface area contributed by atoms with E-state index in [1.54, 1.807) is 6.20 Å². The minimum Gasteiger partial charge on any atom is -0.367 e. The van der Waals surface area contributed by atoms with Gasteiger partial charge in [0, 0.05) is 5.56 Å². The van der Waals surface area contributed by atoms with Crippen LogP contribution in [0.4, 0.5) is 5.88 Å². The van der Waals surface area contributed by atoms with Crippen LogP contribution in [0.3, 0.4) is 0 Å². The van der Waals surface area contributed by atoms with Gasteiger partial charge in [-0.15, -0.1) is 0 Å². The molecular formula is C6H7N5O. The van der Waals surface area contributed by atoms with Crippen LogP contribution in [-0.4, -0.2) is 20.6 Å². The van der Waals surface area contributed by atoms with Crippen molar-refractivity contribution in [2.24, 2.45) is 0 Å². The van der Waals surface area contributed by atoms with Crippen molar-refractivity contribution in [3.63, 3.8) is 0 Å². The summed E-state index contributed by atoms with van der Waals surface area (Å²) in [5, 5.41) is 13.7. The van der Waals surface area contributed by atoms with E-state index in [4.69, 9.17) is 10.3 Å². The average molecular weight is 165 g/mol. The third-order valence-electron chi connectivity index (χ3n) is 1.62. The van der Waals surface area contributed by atoms with E-state index in [-0.39, 0.29) is 0 Å². The van der Waals surface area contributed by atoms with Gasteiger partial charge in [0.15, 0.2) is 0 Å². The molecule has 0 aromatic carbocycles. The largest absolute Gasteiger partial charge is 0.367 e. The van der Waals surface area contributed by atoms with Crippen LogP contribution in [0.1, 0.15) is 5.56 Å². The maximum atomic E-state index is 5.46. The van der Waals surface area contributed by atoms with Crippen molar-refractivity contribution in [3.8, 4) is 11.4 Å². The molecule has 0 radical (unpaired) electrons. The van der Waals surface area contributed by atoms with E-state index in [1.807, 2.05) is 6.92 Å². The average Bonchev–Trinajstić information content (AvgIpc) is 2.64. The fourth-order valence-electron chi connectivity index (χ4n) is 0.903. The molecule has 2 aromatic rings. The molecule has 2 rings (SSSR count). The van der Waals surface area contributed by atoms with Crippen molar-refractivity contribution in [1.82, 2.24) is 20.6 Å². The molecule has 2 heterocycles. The number of nitrogens with zero attached hydrogens (tertiary/aromatic N) is 3. The van der Waals surface area contributed by atoms with Gasteiger partial charge in [-0.1, -0.05) is 5.16 Å². The standard InChI is InChI=1S/C6H7N5O/c1-3-5(10-12-6(3)7)4-2-8-11-9-4/h2H,7H2,1H3,(H,8,9,11). The molecule has 0 saturated heterocycles. The number of aromatic nitrogens is 4. The minimum atomic E-state index is 0.313. The zero-order chi connectivity index (χ0) is 8.55. The Morgan fingerprint density at radius 3 is 2.92 bits per heavy atom. The van der Waals surface area contributed by atoms with E-state index in [0.29, 0.717) is 17.3 Å². The second kappa shape index (κ2) is 2.33. The second-order valence-corrected chi connectivity index (χ2v) is 2.38. The van der Waals surface area contributed by atoms with Crippen LogP contribution in [0.5, 0.6) is 0 Å². The fourth-order valence-corrected chi connectivity index (χ4v) is 0.903. The van der Waals surface area contributed by atoms with Crippen LogP contribution < -0.4 is 5.73 Å². The summed E-state index contributed by atoms with van der Waals surface area (Å²) < 4.78 is 4.77. The summed E-state index contributed by atoms with van der Waals surface area (Å²) in [6.45, 7) is 1.82. The molecular weight excluding hydrogens is 158 g/mol. The topological polar surface area (TPSA) is 93.6 Å². The molecule has 0 unspecified atom stereocenters. The van der Waals surface area contributed by atoms with E-state index >= 15 is 0 Å². The van der Waals surface area contributed by atoms with Crippen molar-refractivity contribution in [1.29, 1.82) is 0 Å². The maximum Gasteiger partial charge on any atom is 0.225 e. The quantitative estimate of drug-likeness (QED) is 0.635. The molecule has 2 aromatic heterocycles. The van der Waals surface area contributed by atoms with Gasteiger partial charge in [0.1, 0.15) is 11.4 Å². The Labute approximate surface area is 67.7 Å².